The molecule has 0 fully saturated rings. The molecule has 3 N–H and O–H groups in total. The zero-order valence-corrected chi connectivity index (χ0v) is 11.1. The summed E-state index contributed by atoms with van der Waals surface area (Å²) in [5, 5.41) is 8.85. The van der Waals surface area contributed by atoms with Gasteiger partial charge in [-0.25, -0.2) is 5.43 Å². The molecule has 5 heteroatoms. The Morgan fingerprint density at radius 3 is 2.44 bits per heavy atom. The first-order chi connectivity index (χ1) is 8.61. The number of rotatable bonds is 3. The Morgan fingerprint density at radius 1 is 1.17 bits per heavy atom. The van der Waals surface area contributed by atoms with E-state index in [1.807, 2.05) is 44.2 Å². The SMILES string of the molecule is Cc1cc(C(NN)c2ccc(Cl)cc2)c(C)nn1. The maximum absolute atomic E-state index is 5.89. The lowest BCUT2D eigenvalue weighted by atomic mass is 9.98. The number of nitrogens with two attached hydrogens (primary N) is 1. The van der Waals surface area contributed by atoms with Gasteiger partial charge in [-0.1, -0.05) is 23.7 Å². The third-order valence-electron chi connectivity index (χ3n) is 2.82. The van der Waals surface area contributed by atoms with Crippen LogP contribution in [-0.4, -0.2) is 10.2 Å². The topological polar surface area (TPSA) is 63.8 Å². The third kappa shape index (κ3) is 2.67. The fourth-order valence-electron chi connectivity index (χ4n) is 1.88. The van der Waals surface area contributed by atoms with Crippen molar-refractivity contribution in [1.29, 1.82) is 0 Å². The van der Waals surface area contributed by atoms with Gasteiger partial charge in [0.25, 0.3) is 0 Å². The van der Waals surface area contributed by atoms with Crippen molar-refractivity contribution in [2.45, 2.75) is 19.9 Å². The van der Waals surface area contributed by atoms with Crippen LogP contribution in [-0.2, 0) is 0 Å². The van der Waals surface area contributed by atoms with Crippen molar-refractivity contribution in [2.75, 3.05) is 0 Å². The minimum absolute atomic E-state index is 0.114. The van der Waals surface area contributed by atoms with Gasteiger partial charge >= 0.3 is 0 Å². The molecule has 1 aromatic heterocycles. The summed E-state index contributed by atoms with van der Waals surface area (Å²) in [6, 6.07) is 9.46. The van der Waals surface area contributed by atoms with E-state index in [4.69, 9.17) is 17.4 Å². The summed E-state index contributed by atoms with van der Waals surface area (Å²) in [7, 11) is 0. The van der Waals surface area contributed by atoms with Crippen LogP contribution < -0.4 is 11.3 Å². The number of hydrogen-bond acceptors (Lipinski definition) is 4. The molecule has 18 heavy (non-hydrogen) atoms. The predicted octanol–water partition coefficient (Wildman–Crippen LogP) is 2.30. The maximum atomic E-state index is 5.89. The highest BCUT2D eigenvalue weighted by Crippen LogP contribution is 2.24. The largest absolute Gasteiger partial charge is 0.271 e. The van der Waals surface area contributed by atoms with E-state index in [1.54, 1.807) is 0 Å². The van der Waals surface area contributed by atoms with Crippen LogP contribution in [0.2, 0.25) is 5.02 Å². The average molecular weight is 263 g/mol. The molecule has 0 saturated heterocycles. The summed E-state index contributed by atoms with van der Waals surface area (Å²) < 4.78 is 0. The van der Waals surface area contributed by atoms with Crippen LogP contribution in [0.1, 0.15) is 28.6 Å². The van der Waals surface area contributed by atoms with Crippen molar-refractivity contribution in [3.8, 4) is 0 Å². The molecule has 94 valence electrons. The number of aryl methyl sites for hydroxylation is 2. The van der Waals surface area contributed by atoms with Crippen LogP contribution in [0.25, 0.3) is 0 Å². The first-order valence-corrected chi connectivity index (χ1v) is 6.02. The first kappa shape index (κ1) is 13.0. The number of nitrogens with zero attached hydrogens (tertiary/aromatic N) is 2. The molecule has 1 aromatic carbocycles. The van der Waals surface area contributed by atoms with E-state index >= 15 is 0 Å². The van der Waals surface area contributed by atoms with Gasteiger partial charge in [0.2, 0.25) is 0 Å². The van der Waals surface area contributed by atoms with E-state index in [1.165, 1.54) is 0 Å². The van der Waals surface area contributed by atoms with Gasteiger partial charge in [-0.3, -0.25) is 5.84 Å². The Balaban J connectivity index is 2.44. The molecular formula is C13H15ClN4. The highest BCUT2D eigenvalue weighted by molar-refractivity contribution is 6.30. The smallest absolute Gasteiger partial charge is 0.0729 e. The Labute approximate surface area is 111 Å². The van der Waals surface area contributed by atoms with Crippen molar-refractivity contribution in [3.05, 3.63) is 57.9 Å². The van der Waals surface area contributed by atoms with E-state index in [2.05, 4.69) is 15.6 Å². The number of nitrogens with one attached hydrogen (secondary N) is 1. The molecule has 2 aromatic rings. The van der Waals surface area contributed by atoms with Crippen LogP contribution in [0.5, 0.6) is 0 Å². The van der Waals surface area contributed by atoms with Gasteiger partial charge in [-0.2, -0.15) is 10.2 Å². The summed E-state index contributed by atoms with van der Waals surface area (Å²) in [5.74, 6) is 5.66. The van der Waals surface area contributed by atoms with E-state index in [9.17, 15) is 0 Å². The van der Waals surface area contributed by atoms with Crippen molar-refractivity contribution in [1.82, 2.24) is 15.6 Å². The number of aromatic nitrogens is 2. The molecule has 0 bridgehead atoms. The molecule has 0 aliphatic carbocycles. The first-order valence-electron chi connectivity index (χ1n) is 5.64. The lowest BCUT2D eigenvalue weighted by Crippen LogP contribution is -2.29. The number of hydrazine groups is 1. The second-order valence-corrected chi connectivity index (χ2v) is 4.61. The summed E-state index contributed by atoms with van der Waals surface area (Å²) in [6.45, 7) is 3.83. The van der Waals surface area contributed by atoms with Crippen LogP contribution in [0.3, 0.4) is 0 Å². The zero-order chi connectivity index (χ0) is 13.1. The second kappa shape index (κ2) is 5.44. The molecule has 4 nitrogen and oxygen atoms in total. The normalized spacial score (nSPS) is 12.4. The Hall–Kier alpha value is -1.49. The zero-order valence-electron chi connectivity index (χ0n) is 10.3. The van der Waals surface area contributed by atoms with Crippen LogP contribution in [0, 0.1) is 13.8 Å². The van der Waals surface area contributed by atoms with Gasteiger partial charge in [0.1, 0.15) is 0 Å². The highest BCUT2D eigenvalue weighted by Gasteiger charge is 2.16. The van der Waals surface area contributed by atoms with E-state index in [0.717, 1.165) is 22.5 Å². The van der Waals surface area contributed by atoms with Gasteiger partial charge in [0.15, 0.2) is 0 Å². The molecule has 0 aliphatic rings. The molecule has 0 saturated carbocycles. The van der Waals surface area contributed by atoms with E-state index in [-0.39, 0.29) is 6.04 Å². The fraction of sp³-hybridized carbons (Fsp3) is 0.231. The molecule has 0 spiro atoms. The van der Waals surface area contributed by atoms with E-state index < -0.39 is 0 Å². The highest BCUT2D eigenvalue weighted by atomic mass is 35.5. The van der Waals surface area contributed by atoms with Crippen molar-refractivity contribution in [2.24, 2.45) is 5.84 Å². The van der Waals surface area contributed by atoms with Crippen molar-refractivity contribution < 1.29 is 0 Å². The van der Waals surface area contributed by atoms with E-state index in [0.29, 0.717) is 5.02 Å². The minimum Gasteiger partial charge on any atom is -0.271 e. The molecular weight excluding hydrogens is 248 g/mol. The lowest BCUT2D eigenvalue weighted by molar-refractivity contribution is 0.626. The van der Waals surface area contributed by atoms with Gasteiger partial charge in [0, 0.05) is 5.02 Å². The molecule has 0 radical (unpaired) electrons. The summed E-state index contributed by atoms with van der Waals surface area (Å²) in [4.78, 5) is 0. The third-order valence-corrected chi connectivity index (χ3v) is 3.07. The maximum Gasteiger partial charge on any atom is 0.0729 e. The van der Waals surface area contributed by atoms with Gasteiger partial charge < -0.3 is 0 Å². The molecule has 1 heterocycles. The fourth-order valence-corrected chi connectivity index (χ4v) is 2.01. The molecule has 2 rings (SSSR count). The van der Waals surface area contributed by atoms with Gasteiger partial charge in [-0.05, 0) is 43.2 Å². The predicted molar refractivity (Wildman–Crippen MR) is 72.1 cm³/mol. The monoisotopic (exact) mass is 262 g/mol. The average Bonchev–Trinajstić information content (AvgIpc) is 2.37. The second-order valence-electron chi connectivity index (χ2n) is 4.18. The molecule has 1 atom stereocenters. The van der Waals surface area contributed by atoms with Crippen LogP contribution in [0.15, 0.2) is 30.3 Å². The summed E-state index contributed by atoms with van der Waals surface area (Å²) in [5.41, 5.74) is 6.60. The Bertz CT molecular complexity index is 539. The van der Waals surface area contributed by atoms with Crippen LogP contribution in [0.4, 0.5) is 0 Å². The molecule has 0 amide bonds. The summed E-state index contributed by atoms with van der Waals surface area (Å²) >= 11 is 5.89. The number of hydrogen-bond donors (Lipinski definition) is 2. The molecule has 0 aliphatic heterocycles. The lowest BCUT2D eigenvalue weighted by Gasteiger charge is -2.18. The Morgan fingerprint density at radius 2 is 1.83 bits per heavy atom. The van der Waals surface area contributed by atoms with Gasteiger partial charge in [0.05, 0.1) is 17.4 Å². The molecule has 1 unspecified atom stereocenters. The minimum atomic E-state index is -0.114. The van der Waals surface area contributed by atoms with Gasteiger partial charge in [-0.15, -0.1) is 0 Å². The number of benzene rings is 1. The number of halogens is 1. The van der Waals surface area contributed by atoms with Crippen molar-refractivity contribution >= 4 is 11.6 Å². The van der Waals surface area contributed by atoms with Crippen molar-refractivity contribution in [3.63, 3.8) is 0 Å². The standard InChI is InChI=1S/C13H15ClN4/c1-8-7-12(9(2)18-17-8)13(16-15)10-3-5-11(14)6-4-10/h3-7,13,16H,15H2,1-2H3. The Kier molecular flexibility index (Phi) is 3.91. The summed E-state index contributed by atoms with van der Waals surface area (Å²) in [6.07, 6.45) is 0. The van der Waals surface area contributed by atoms with Crippen LogP contribution >= 0.6 is 11.6 Å². The quantitative estimate of drug-likeness (QED) is 0.658.